The Bertz CT molecular complexity index is 362. The maximum Gasteiger partial charge on any atom is 0.303 e. The van der Waals surface area contributed by atoms with Gasteiger partial charge in [-0.05, 0) is 23.6 Å². The van der Waals surface area contributed by atoms with Crippen LogP contribution in [0.2, 0.25) is 0 Å². The highest BCUT2D eigenvalue weighted by molar-refractivity contribution is 5.67. The van der Waals surface area contributed by atoms with E-state index < -0.39 is 12.1 Å². The molecule has 88 valence electrons. The minimum Gasteiger partial charge on any atom is -0.497 e. The lowest BCUT2D eigenvalue weighted by atomic mass is 9.94. The summed E-state index contributed by atoms with van der Waals surface area (Å²) in [5, 5.41) is 18.6. The number of carboxylic acid groups (broad SMARTS) is 1. The van der Waals surface area contributed by atoms with Gasteiger partial charge in [0.05, 0.1) is 19.6 Å². The third-order valence-electron chi connectivity index (χ3n) is 2.47. The lowest BCUT2D eigenvalue weighted by molar-refractivity contribution is -0.139. The summed E-state index contributed by atoms with van der Waals surface area (Å²) in [4.78, 5) is 10.5. The van der Waals surface area contributed by atoms with E-state index in [-0.39, 0.29) is 12.3 Å². The molecule has 1 rings (SSSR count). The second-order valence-corrected chi connectivity index (χ2v) is 3.80. The quantitative estimate of drug-likeness (QED) is 0.800. The summed E-state index contributed by atoms with van der Waals surface area (Å²) >= 11 is 0. The Labute approximate surface area is 94.5 Å². The van der Waals surface area contributed by atoms with E-state index in [2.05, 4.69) is 0 Å². The van der Waals surface area contributed by atoms with Gasteiger partial charge in [0, 0.05) is 0 Å². The summed E-state index contributed by atoms with van der Waals surface area (Å²) in [5.74, 6) is -0.585. The van der Waals surface area contributed by atoms with Crippen molar-refractivity contribution in [3.8, 4) is 5.75 Å². The zero-order valence-electron chi connectivity index (χ0n) is 9.38. The molecule has 0 amide bonds. The topological polar surface area (TPSA) is 66.8 Å². The van der Waals surface area contributed by atoms with Gasteiger partial charge in [-0.3, -0.25) is 4.79 Å². The van der Waals surface area contributed by atoms with Crippen molar-refractivity contribution in [2.24, 2.45) is 5.92 Å². The van der Waals surface area contributed by atoms with E-state index in [9.17, 15) is 9.90 Å². The Kier molecular flexibility index (Phi) is 4.31. The lowest BCUT2D eigenvalue weighted by Crippen LogP contribution is -2.13. The van der Waals surface area contributed by atoms with Crippen LogP contribution in [0.25, 0.3) is 0 Å². The van der Waals surface area contributed by atoms with Gasteiger partial charge in [-0.2, -0.15) is 0 Å². The zero-order valence-corrected chi connectivity index (χ0v) is 9.38. The van der Waals surface area contributed by atoms with Crippen LogP contribution in [0.1, 0.15) is 25.0 Å². The molecule has 16 heavy (non-hydrogen) atoms. The maximum absolute atomic E-state index is 10.5. The molecule has 0 bridgehead atoms. The number of hydrogen-bond acceptors (Lipinski definition) is 3. The lowest BCUT2D eigenvalue weighted by Gasteiger charge is -2.17. The third-order valence-corrected chi connectivity index (χ3v) is 2.47. The molecule has 0 fully saturated rings. The van der Waals surface area contributed by atoms with Gasteiger partial charge in [0.25, 0.3) is 0 Å². The number of rotatable bonds is 5. The standard InChI is InChI=1S/C12H16O4/c1-8(6-11(13)14)12(15)9-4-3-5-10(7-9)16-2/h3-5,7-8,12,15H,6H2,1-2H3,(H,13,14)/t8-,12+/m0/s1. The van der Waals surface area contributed by atoms with Crippen molar-refractivity contribution >= 4 is 5.97 Å². The number of carbonyl (C=O) groups is 1. The molecule has 0 heterocycles. The van der Waals surface area contributed by atoms with Gasteiger partial charge in [0.2, 0.25) is 0 Å². The van der Waals surface area contributed by atoms with Crippen molar-refractivity contribution in [1.29, 1.82) is 0 Å². The van der Waals surface area contributed by atoms with E-state index >= 15 is 0 Å². The average Bonchev–Trinajstić information content (AvgIpc) is 2.27. The second kappa shape index (κ2) is 5.51. The fraction of sp³-hybridized carbons (Fsp3) is 0.417. The summed E-state index contributed by atoms with van der Waals surface area (Å²) in [7, 11) is 1.55. The van der Waals surface area contributed by atoms with Crippen molar-refractivity contribution < 1.29 is 19.7 Å². The van der Waals surface area contributed by atoms with E-state index in [1.54, 1.807) is 38.3 Å². The third kappa shape index (κ3) is 3.24. The van der Waals surface area contributed by atoms with E-state index in [4.69, 9.17) is 9.84 Å². The maximum atomic E-state index is 10.5. The number of benzene rings is 1. The Morgan fingerprint density at radius 2 is 2.19 bits per heavy atom. The van der Waals surface area contributed by atoms with Crippen LogP contribution in [0.4, 0.5) is 0 Å². The molecule has 0 aliphatic carbocycles. The van der Waals surface area contributed by atoms with E-state index in [1.807, 2.05) is 0 Å². The molecule has 0 aromatic heterocycles. The Balaban J connectivity index is 2.78. The zero-order chi connectivity index (χ0) is 12.1. The molecule has 1 aromatic rings. The molecule has 2 atom stereocenters. The molecule has 0 spiro atoms. The predicted octanol–water partition coefficient (Wildman–Crippen LogP) is 1.84. The van der Waals surface area contributed by atoms with Crippen LogP contribution >= 0.6 is 0 Å². The first-order valence-electron chi connectivity index (χ1n) is 5.08. The minimum atomic E-state index is -0.908. The average molecular weight is 224 g/mol. The van der Waals surface area contributed by atoms with Crippen molar-refractivity contribution in [3.05, 3.63) is 29.8 Å². The molecule has 0 saturated heterocycles. The van der Waals surface area contributed by atoms with Crippen molar-refractivity contribution in [1.82, 2.24) is 0 Å². The number of methoxy groups -OCH3 is 1. The summed E-state index contributed by atoms with van der Waals surface area (Å²) < 4.78 is 5.04. The fourth-order valence-electron chi connectivity index (χ4n) is 1.54. The van der Waals surface area contributed by atoms with Gasteiger partial charge in [-0.25, -0.2) is 0 Å². The Morgan fingerprint density at radius 3 is 2.75 bits per heavy atom. The van der Waals surface area contributed by atoms with Crippen molar-refractivity contribution in [2.75, 3.05) is 7.11 Å². The molecule has 2 N–H and O–H groups in total. The first kappa shape index (κ1) is 12.5. The smallest absolute Gasteiger partial charge is 0.303 e. The molecular formula is C12H16O4. The van der Waals surface area contributed by atoms with Gasteiger partial charge in [0.1, 0.15) is 5.75 Å². The highest BCUT2D eigenvalue weighted by Gasteiger charge is 2.19. The first-order chi connectivity index (χ1) is 7.54. The molecule has 1 aromatic carbocycles. The molecule has 0 aliphatic rings. The van der Waals surface area contributed by atoms with E-state index in [0.29, 0.717) is 11.3 Å². The minimum absolute atomic E-state index is 0.0572. The number of ether oxygens (including phenoxy) is 1. The fourth-order valence-corrected chi connectivity index (χ4v) is 1.54. The monoisotopic (exact) mass is 224 g/mol. The van der Waals surface area contributed by atoms with Gasteiger partial charge in [-0.15, -0.1) is 0 Å². The number of aliphatic carboxylic acids is 1. The molecule has 4 nitrogen and oxygen atoms in total. The Hall–Kier alpha value is -1.55. The van der Waals surface area contributed by atoms with Gasteiger partial charge < -0.3 is 14.9 Å². The number of aliphatic hydroxyl groups is 1. The molecule has 4 heteroatoms. The SMILES string of the molecule is COc1cccc([C@H](O)[C@@H](C)CC(=O)O)c1. The summed E-state index contributed by atoms with van der Waals surface area (Å²) in [6.45, 7) is 1.71. The van der Waals surface area contributed by atoms with Crippen LogP contribution in [-0.4, -0.2) is 23.3 Å². The largest absolute Gasteiger partial charge is 0.497 e. The number of hydrogen-bond donors (Lipinski definition) is 2. The van der Waals surface area contributed by atoms with Crippen LogP contribution in [0.15, 0.2) is 24.3 Å². The molecule has 0 radical (unpaired) electrons. The van der Waals surface area contributed by atoms with Gasteiger partial charge in [0.15, 0.2) is 0 Å². The first-order valence-corrected chi connectivity index (χ1v) is 5.08. The van der Waals surface area contributed by atoms with Crippen molar-refractivity contribution in [2.45, 2.75) is 19.4 Å². The van der Waals surface area contributed by atoms with Crippen LogP contribution in [0.5, 0.6) is 5.75 Å². The summed E-state index contributed by atoms with van der Waals surface area (Å²) in [6.07, 6.45) is -0.843. The highest BCUT2D eigenvalue weighted by atomic mass is 16.5. The molecule has 0 unspecified atom stereocenters. The van der Waals surface area contributed by atoms with Crippen LogP contribution < -0.4 is 4.74 Å². The van der Waals surface area contributed by atoms with Crippen molar-refractivity contribution in [3.63, 3.8) is 0 Å². The second-order valence-electron chi connectivity index (χ2n) is 3.80. The highest BCUT2D eigenvalue weighted by Crippen LogP contribution is 2.26. The van der Waals surface area contributed by atoms with E-state index in [0.717, 1.165) is 0 Å². The number of aliphatic hydroxyl groups excluding tert-OH is 1. The molecule has 0 aliphatic heterocycles. The Morgan fingerprint density at radius 1 is 1.50 bits per heavy atom. The van der Waals surface area contributed by atoms with E-state index in [1.165, 1.54) is 0 Å². The van der Waals surface area contributed by atoms with Gasteiger partial charge in [-0.1, -0.05) is 19.1 Å². The van der Waals surface area contributed by atoms with Crippen LogP contribution in [0, 0.1) is 5.92 Å². The summed E-state index contributed by atoms with van der Waals surface area (Å²) in [5.41, 5.74) is 0.674. The van der Waals surface area contributed by atoms with Gasteiger partial charge >= 0.3 is 5.97 Å². The van der Waals surface area contributed by atoms with Crippen LogP contribution in [-0.2, 0) is 4.79 Å². The predicted molar refractivity (Wildman–Crippen MR) is 59.4 cm³/mol. The van der Waals surface area contributed by atoms with Crippen LogP contribution in [0.3, 0.4) is 0 Å². The normalized spacial score (nSPS) is 14.2. The molecular weight excluding hydrogens is 208 g/mol. The summed E-state index contributed by atoms with van der Waals surface area (Å²) in [6, 6.07) is 7.01. The number of carboxylic acids is 1. The molecule has 0 saturated carbocycles.